The summed E-state index contributed by atoms with van der Waals surface area (Å²) in [6.07, 6.45) is 3.68. The summed E-state index contributed by atoms with van der Waals surface area (Å²) < 4.78 is 6.20. The van der Waals surface area contributed by atoms with Gasteiger partial charge in [-0.15, -0.1) is 11.8 Å². The lowest BCUT2D eigenvalue weighted by Gasteiger charge is -2.39. The third-order valence-electron chi connectivity index (χ3n) is 6.69. The van der Waals surface area contributed by atoms with Crippen LogP contribution in [0.15, 0.2) is 71.6 Å². The van der Waals surface area contributed by atoms with Crippen molar-refractivity contribution in [2.75, 3.05) is 0 Å². The fourth-order valence-electron chi connectivity index (χ4n) is 5.05. The number of thioether (sulfide) groups is 1. The van der Waals surface area contributed by atoms with Crippen LogP contribution in [0.2, 0.25) is 10.0 Å². The van der Waals surface area contributed by atoms with Gasteiger partial charge in [-0.3, -0.25) is 4.79 Å². The van der Waals surface area contributed by atoms with Crippen molar-refractivity contribution in [3.63, 3.8) is 0 Å². The largest absolute Gasteiger partial charge is 0.490 e. The molecule has 2 aliphatic rings. The Bertz CT molecular complexity index is 1240. The number of nitrogens with zero attached hydrogens (tertiary/aromatic N) is 2. The van der Waals surface area contributed by atoms with E-state index in [0.717, 1.165) is 47.6 Å². The van der Waals surface area contributed by atoms with E-state index < -0.39 is 0 Å². The van der Waals surface area contributed by atoms with E-state index >= 15 is 0 Å². The Balaban J connectivity index is 1.21. The molecule has 3 atom stereocenters. The zero-order chi connectivity index (χ0) is 24.4. The van der Waals surface area contributed by atoms with Crippen molar-refractivity contribution in [1.29, 1.82) is 5.26 Å². The Morgan fingerprint density at radius 1 is 1.00 bits per heavy atom. The van der Waals surface area contributed by atoms with Gasteiger partial charge in [-0.25, -0.2) is 0 Å². The summed E-state index contributed by atoms with van der Waals surface area (Å²) in [5.41, 5.74) is 2.42. The number of benzene rings is 3. The van der Waals surface area contributed by atoms with Gasteiger partial charge in [-0.05, 0) is 60.9 Å². The van der Waals surface area contributed by atoms with Crippen molar-refractivity contribution < 1.29 is 9.53 Å². The molecule has 1 unspecified atom stereocenters. The minimum absolute atomic E-state index is 0.0570. The van der Waals surface area contributed by atoms with Crippen LogP contribution in [-0.4, -0.2) is 29.0 Å². The van der Waals surface area contributed by atoms with Gasteiger partial charge < -0.3 is 9.64 Å². The summed E-state index contributed by atoms with van der Waals surface area (Å²) in [6, 6.07) is 23.2. The molecule has 2 bridgehead atoms. The van der Waals surface area contributed by atoms with Gasteiger partial charge in [0.1, 0.15) is 11.9 Å². The molecule has 0 saturated carbocycles. The molecular weight excluding hydrogens is 499 g/mol. The van der Waals surface area contributed by atoms with Gasteiger partial charge >= 0.3 is 0 Å². The summed E-state index contributed by atoms with van der Waals surface area (Å²) >= 11 is 14.1. The average molecular weight is 523 g/mol. The number of amides is 1. The zero-order valence-electron chi connectivity index (χ0n) is 19.0. The van der Waals surface area contributed by atoms with Crippen LogP contribution in [0.1, 0.15) is 47.2 Å². The Morgan fingerprint density at radius 3 is 2.31 bits per heavy atom. The molecule has 2 saturated heterocycles. The maximum Gasteiger partial charge on any atom is 0.254 e. The predicted molar refractivity (Wildman–Crippen MR) is 140 cm³/mol. The first kappa shape index (κ1) is 24.1. The Hall–Kier alpha value is -2.65. The van der Waals surface area contributed by atoms with Crippen LogP contribution in [0.4, 0.5) is 0 Å². The Kier molecular flexibility index (Phi) is 7.24. The number of nitriles is 1. The fourth-order valence-corrected chi connectivity index (χ4v) is 6.69. The molecule has 4 nitrogen and oxygen atoms in total. The van der Waals surface area contributed by atoms with Gasteiger partial charge in [-0.2, -0.15) is 5.26 Å². The number of hydrogen-bond donors (Lipinski definition) is 0. The molecule has 0 radical (unpaired) electrons. The van der Waals surface area contributed by atoms with E-state index in [1.807, 2.05) is 54.6 Å². The molecule has 2 heterocycles. The number of hydrogen-bond acceptors (Lipinski definition) is 4. The van der Waals surface area contributed by atoms with Crippen molar-refractivity contribution in [2.45, 2.75) is 54.5 Å². The van der Waals surface area contributed by atoms with Crippen LogP contribution in [0.5, 0.6) is 5.75 Å². The second kappa shape index (κ2) is 10.5. The third-order valence-corrected chi connectivity index (χ3v) is 8.75. The number of halogens is 2. The monoisotopic (exact) mass is 522 g/mol. The van der Waals surface area contributed by atoms with Crippen LogP contribution < -0.4 is 4.74 Å². The highest BCUT2D eigenvalue weighted by molar-refractivity contribution is 7.98. The minimum Gasteiger partial charge on any atom is -0.490 e. The number of carbonyl (C=O) groups excluding carboxylic acids is 1. The number of ether oxygens (including phenoxy) is 1. The SMILES string of the molecule is N#Cc1cccc(OC2C[C@H]3CC[C@@H](C2)N3C(=O)c2ccc(CSc3c(Cl)cccc3Cl)cc2)c1. The highest BCUT2D eigenvalue weighted by Gasteiger charge is 2.44. The normalized spacial score (nSPS) is 20.9. The van der Waals surface area contributed by atoms with Gasteiger partial charge in [0.15, 0.2) is 0 Å². The fraction of sp³-hybridized carbons (Fsp3) is 0.286. The van der Waals surface area contributed by atoms with E-state index in [-0.39, 0.29) is 24.1 Å². The molecule has 2 fully saturated rings. The van der Waals surface area contributed by atoms with Crippen molar-refractivity contribution in [3.8, 4) is 11.8 Å². The highest BCUT2D eigenvalue weighted by Crippen LogP contribution is 2.39. The van der Waals surface area contributed by atoms with Crippen molar-refractivity contribution in [3.05, 3.63) is 93.5 Å². The number of carbonyl (C=O) groups is 1. The lowest BCUT2D eigenvalue weighted by atomic mass is 9.98. The van der Waals surface area contributed by atoms with Crippen LogP contribution in [0.3, 0.4) is 0 Å². The van der Waals surface area contributed by atoms with Crippen LogP contribution in [-0.2, 0) is 5.75 Å². The first-order chi connectivity index (χ1) is 17.0. The second-order valence-electron chi connectivity index (χ2n) is 8.98. The van der Waals surface area contributed by atoms with Crippen molar-refractivity contribution in [2.24, 2.45) is 0 Å². The van der Waals surface area contributed by atoms with Crippen LogP contribution in [0, 0.1) is 11.3 Å². The molecule has 3 aromatic rings. The van der Waals surface area contributed by atoms with Gasteiger partial charge in [-0.1, -0.05) is 47.5 Å². The molecule has 2 aliphatic heterocycles. The van der Waals surface area contributed by atoms with Gasteiger partial charge in [0.05, 0.1) is 21.7 Å². The van der Waals surface area contributed by atoms with Crippen molar-refractivity contribution >= 4 is 40.9 Å². The molecule has 3 aromatic carbocycles. The summed E-state index contributed by atoms with van der Waals surface area (Å²) in [5.74, 6) is 1.54. The summed E-state index contributed by atoms with van der Waals surface area (Å²) in [4.78, 5) is 16.3. The maximum atomic E-state index is 13.4. The Labute approximate surface area is 219 Å². The van der Waals surface area contributed by atoms with Gasteiger partial charge in [0.25, 0.3) is 5.91 Å². The van der Waals surface area contributed by atoms with E-state index in [1.165, 1.54) is 0 Å². The molecule has 35 heavy (non-hydrogen) atoms. The molecule has 0 aromatic heterocycles. The zero-order valence-corrected chi connectivity index (χ0v) is 21.3. The maximum absolute atomic E-state index is 13.4. The summed E-state index contributed by atoms with van der Waals surface area (Å²) in [7, 11) is 0. The van der Waals surface area contributed by atoms with E-state index in [0.29, 0.717) is 21.2 Å². The smallest absolute Gasteiger partial charge is 0.254 e. The van der Waals surface area contributed by atoms with Crippen molar-refractivity contribution in [1.82, 2.24) is 4.90 Å². The Morgan fingerprint density at radius 2 is 1.66 bits per heavy atom. The summed E-state index contributed by atoms with van der Waals surface area (Å²) in [5, 5.41) is 10.4. The average Bonchev–Trinajstić information content (AvgIpc) is 3.14. The number of piperidine rings is 1. The molecule has 1 amide bonds. The minimum atomic E-state index is 0.0570. The van der Waals surface area contributed by atoms with Gasteiger partial charge in [0, 0.05) is 41.1 Å². The molecule has 5 rings (SSSR count). The molecule has 0 aliphatic carbocycles. The third kappa shape index (κ3) is 5.30. The van der Waals surface area contributed by atoms with E-state index in [2.05, 4.69) is 11.0 Å². The molecule has 0 spiro atoms. The lowest BCUT2D eigenvalue weighted by molar-refractivity contribution is 0.0359. The topological polar surface area (TPSA) is 53.3 Å². The van der Waals surface area contributed by atoms with Crippen LogP contribution in [0.25, 0.3) is 0 Å². The molecular formula is C28H24Cl2N2O2S. The quantitative estimate of drug-likeness (QED) is 0.317. The van der Waals surface area contributed by atoms with Gasteiger partial charge in [0.2, 0.25) is 0 Å². The van der Waals surface area contributed by atoms with E-state index in [1.54, 1.807) is 23.9 Å². The first-order valence-corrected chi connectivity index (χ1v) is 13.4. The standard InChI is InChI=1S/C28H24Cl2N2O2S/c29-25-5-2-6-26(30)27(25)35-17-18-7-9-20(10-8-18)28(33)32-21-11-12-22(32)15-24(14-21)34-23-4-1-3-19(13-23)16-31/h1-10,13,21-22,24H,11-12,14-15,17H2/t21-,22+,24?. The number of rotatable bonds is 6. The second-order valence-corrected chi connectivity index (χ2v) is 10.8. The summed E-state index contributed by atoms with van der Waals surface area (Å²) in [6.45, 7) is 0. The first-order valence-electron chi connectivity index (χ1n) is 11.7. The van der Waals surface area contributed by atoms with E-state index in [9.17, 15) is 4.79 Å². The molecule has 7 heteroatoms. The van der Waals surface area contributed by atoms with Crippen LogP contribution >= 0.6 is 35.0 Å². The highest BCUT2D eigenvalue weighted by atomic mass is 35.5. The lowest BCUT2D eigenvalue weighted by Crippen LogP contribution is -2.49. The molecule has 178 valence electrons. The predicted octanol–water partition coefficient (Wildman–Crippen LogP) is 7.37. The van der Waals surface area contributed by atoms with E-state index in [4.69, 9.17) is 33.2 Å². The molecule has 0 N–H and O–H groups in total. The number of fused-ring (bicyclic) bond motifs is 2.